The molecule has 0 aliphatic carbocycles. The molecule has 2 aliphatic heterocycles. The minimum absolute atomic E-state index is 0.0191. The predicted octanol–water partition coefficient (Wildman–Crippen LogP) is 6.58. The zero-order valence-electron chi connectivity index (χ0n) is 22.9. The van der Waals surface area contributed by atoms with Crippen molar-refractivity contribution in [1.82, 2.24) is 15.1 Å². The van der Waals surface area contributed by atoms with Crippen molar-refractivity contribution in [2.75, 3.05) is 0 Å². The van der Waals surface area contributed by atoms with Crippen LogP contribution >= 0.6 is 11.8 Å². The van der Waals surface area contributed by atoms with Gasteiger partial charge < -0.3 is 9.47 Å². The first-order valence-corrected chi connectivity index (χ1v) is 14.5. The fourth-order valence-corrected chi connectivity index (χ4v) is 6.11. The molecule has 3 heterocycles. The molecule has 2 amide bonds. The molecule has 0 fully saturated rings. The number of imide groups is 1. The van der Waals surface area contributed by atoms with Crippen molar-refractivity contribution in [2.24, 2.45) is 0 Å². The topological polar surface area (TPSA) is 98.7 Å². The minimum atomic E-state index is -1.17. The molecule has 7 rings (SSSR count). The molecule has 0 saturated heterocycles. The van der Waals surface area contributed by atoms with Gasteiger partial charge in [-0.05, 0) is 61.0 Å². The molecule has 1 unspecified atom stereocenters. The van der Waals surface area contributed by atoms with E-state index in [1.54, 1.807) is 36.0 Å². The number of rotatable bonds is 6. The Kier molecular flexibility index (Phi) is 6.71. The van der Waals surface area contributed by atoms with Gasteiger partial charge >= 0.3 is 5.97 Å². The molecular weight excluding hydrogens is 562 g/mol. The maximum atomic E-state index is 13.3. The van der Waals surface area contributed by atoms with Gasteiger partial charge in [0.2, 0.25) is 5.88 Å². The van der Waals surface area contributed by atoms with Gasteiger partial charge in [0.1, 0.15) is 17.5 Å². The fourth-order valence-electron chi connectivity index (χ4n) is 5.12. The van der Waals surface area contributed by atoms with Crippen molar-refractivity contribution in [3.63, 3.8) is 0 Å². The van der Waals surface area contributed by atoms with Crippen LogP contribution in [0.25, 0.3) is 11.3 Å². The standard InChI is InChI=1S/C34H23N3O5S/c1-20(37-32(38)24-11-5-6-12-25(24)33(37)39)34(40)42-31-23(17-21-9-3-2-4-10-21)18-26(35-36-31)22-15-16-28-30(19-22)43-29-14-8-7-13-27(29)41-28/h2-16,18-20H,17H2,1H3. The fraction of sp³-hybridized carbons (Fsp3) is 0.0882. The van der Waals surface area contributed by atoms with Crippen molar-refractivity contribution in [2.45, 2.75) is 29.2 Å². The smallest absolute Gasteiger partial charge is 0.335 e. The Morgan fingerprint density at radius 2 is 1.49 bits per heavy atom. The highest BCUT2D eigenvalue weighted by molar-refractivity contribution is 7.99. The number of ether oxygens (including phenoxy) is 2. The van der Waals surface area contributed by atoms with Gasteiger partial charge in [0, 0.05) is 17.5 Å². The molecule has 1 atom stereocenters. The molecule has 0 bridgehead atoms. The highest BCUT2D eigenvalue weighted by Crippen LogP contribution is 2.47. The third-order valence-corrected chi connectivity index (χ3v) is 8.45. The van der Waals surface area contributed by atoms with Gasteiger partial charge in [-0.1, -0.05) is 66.4 Å². The van der Waals surface area contributed by atoms with Crippen LogP contribution in [-0.4, -0.2) is 38.9 Å². The lowest BCUT2D eigenvalue weighted by molar-refractivity contribution is -0.138. The highest BCUT2D eigenvalue weighted by atomic mass is 32.2. The zero-order valence-corrected chi connectivity index (χ0v) is 23.7. The number of nitrogens with zero attached hydrogens (tertiary/aromatic N) is 3. The molecule has 1 aromatic heterocycles. The van der Waals surface area contributed by atoms with E-state index in [0.717, 1.165) is 37.3 Å². The summed E-state index contributed by atoms with van der Waals surface area (Å²) in [6.45, 7) is 1.47. The number of amides is 2. The van der Waals surface area contributed by atoms with E-state index < -0.39 is 23.8 Å². The number of aromatic nitrogens is 2. The Morgan fingerprint density at radius 1 is 0.814 bits per heavy atom. The molecule has 2 aliphatic rings. The first-order chi connectivity index (χ1) is 21.0. The lowest BCUT2D eigenvalue weighted by atomic mass is 10.0. The normalized spacial score (nSPS) is 13.9. The Labute approximate surface area is 251 Å². The number of benzene rings is 4. The van der Waals surface area contributed by atoms with Crippen molar-refractivity contribution in [1.29, 1.82) is 0 Å². The number of hydrogen-bond donors (Lipinski definition) is 0. The van der Waals surface area contributed by atoms with Crippen molar-refractivity contribution in [3.05, 3.63) is 125 Å². The van der Waals surface area contributed by atoms with Crippen molar-refractivity contribution in [3.8, 4) is 28.6 Å². The molecule has 0 spiro atoms. The molecule has 43 heavy (non-hydrogen) atoms. The van der Waals surface area contributed by atoms with Gasteiger partial charge in [0.05, 0.1) is 26.6 Å². The Bertz CT molecular complexity index is 1890. The average molecular weight is 586 g/mol. The van der Waals surface area contributed by atoms with Gasteiger partial charge in [-0.3, -0.25) is 14.5 Å². The largest absolute Gasteiger partial charge is 0.455 e. The van der Waals surface area contributed by atoms with Crippen LogP contribution in [0.5, 0.6) is 17.4 Å². The molecule has 8 nitrogen and oxygen atoms in total. The van der Waals surface area contributed by atoms with E-state index in [2.05, 4.69) is 10.2 Å². The summed E-state index contributed by atoms with van der Waals surface area (Å²) in [5, 5.41) is 8.70. The van der Waals surface area contributed by atoms with E-state index in [0.29, 0.717) is 17.7 Å². The second kappa shape index (κ2) is 10.8. The number of carbonyl (C=O) groups is 3. The maximum Gasteiger partial charge on any atom is 0.335 e. The molecule has 0 radical (unpaired) electrons. The predicted molar refractivity (Wildman–Crippen MR) is 159 cm³/mol. The van der Waals surface area contributed by atoms with Crippen LogP contribution in [0.15, 0.2) is 113 Å². The number of hydrogen-bond acceptors (Lipinski definition) is 8. The van der Waals surface area contributed by atoms with Crippen LogP contribution in [0.2, 0.25) is 0 Å². The number of esters is 1. The molecular formula is C34H23N3O5S. The summed E-state index contributed by atoms with van der Waals surface area (Å²) in [5.74, 6) is -0.254. The SMILES string of the molecule is CC(C(=O)Oc1nnc(-c2ccc3c(c2)Sc2ccccc2O3)cc1Cc1ccccc1)N1C(=O)c2ccccc2C1=O. The van der Waals surface area contributed by atoms with Crippen LogP contribution in [0.1, 0.15) is 38.8 Å². The number of para-hydroxylation sites is 1. The minimum Gasteiger partial charge on any atom is -0.455 e. The van der Waals surface area contributed by atoms with E-state index in [-0.39, 0.29) is 17.0 Å². The molecule has 9 heteroatoms. The average Bonchev–Trinajstić information content (AvgIpc) is 3.29. The molecule has 4 aromatic carbocycles. The molecule has 0 saturated carbocycles. The molecule has 210 valence electrons. The third kappa shape index (κ3) is 4.93. The van der Waals surface area contributed by atoms with Gasteiger partial charge in [0.15, 0.2) is 0 Å². The second-order valence-electron chi connectivity index (χ2n) is 10.2. The van der Waals surface area contributed by atoms with Gasteiger partial charge in [-0.15, -0.1) is 10.2 Å². The lowest BCUT2D eigenvalue weighted by Gasteiger charge is -2.21. The summed E-state index contributed by atoms with van der Waals surface area (Å²) < 4.78 is 11.8. The summed E-state index contributed by atoms with van der Waals surface area (Å²) in [6.07, 6.45) is 0.420. The van der Waals surface area contributed by atoms with E-state index in [1.807, 2.05) is 78.9 Å². The van der Waals surface area contributed by atoms with Crippen LogP contribution in [0.4, 0.5) is 0 Å². The first kappa shape index (κ1) is 26.6. The van der Waals surface area contributed by atoms with Crippen LogP contribution in [-0.2, 0) is 11.2 Å². The van der Waals surface area contributed by atoms with Gasteiger partial charge in [-0.2, -0.15) is 0 Å². The molecule has 0 N–H and O–H groups in total. The third-order valence-electron chi connectivity index (χ3n) is 7.35. The van der Waals surface area contributed by atoms with Crippen LogP contribution in [0.3, 0.4) is 0 Å². The number of fused-ring (bicyclic) bond motifs is 3. The summed E-state index contributed by atoms with van der Waals surface area (Å²) in [4.78, 5) is 42.1. The monoisotopic (exact) mass is 585 g/mol. The van der Waals surface area contributed by atoms with Crippen LogP contribution in [0, 0.1) is 0 Å². The second-order valence-corrected chi connectivity index (χ2v) is 11.2. The summed E-state index contributed by atoms with van der Waals surface area (Å²) in [7, 11) is 0. The first-order valence-electron chi connectivity index (χ1n) is 13.6. The van der Waals surface area contributed by atoms with Gasteiger partial charge in [0.25, 0.3) is 11.8 Å². The van der Waals surface area contributed by atoms with E-state index in [4.69, 9.17) is 9.47 Å². The Morgan fingerprint density at radius 3 is 2.26 bits per heavy atom. The summed E-state index contributed by atoms with van der Waals surface area (Å²) >= 11 is 1.62. The van der Waals surface area contributed by atoms with Crippen molar-refractivity contribution >= 4 is 29.5 Å². The van der Waals surface area contributed by atoms with Crippen molar-refractivity contribution < 1.29 is 23.9 Å². The highest BCUT2D eigenvalue weighted by Gasteiger charge is 2.41. The molecule has 5 aromatic rings. The van der Waals surface area contributed by atoms with Crippen LogP contribution < -0.4 is 9.47 Å². The van der Waals surface area contributed by atoms with E-state index in [1.165, 1.54) is 6.92 Å². The Hall–Kier alpha value is -5.28. The van der Waals surface area contributed by atoms with E-state index >= 15 is 0 Å². The van der Waals surface area contributed by atoms with Gasteiger partial charge in [-0.25, -0.2) is 4.79 Å². The summed E-state index contributed by atoms with van der Waals surface area (Å²) in [5.41, 5.74) is 3.57. The zero-order chi connectivity index (χ0) is 29.5. The quantitative estimate of drug-likeness (QED) is 0.160. The van der Waals surface area contributed by atoms with E-state index in [9.17, 15) is 14.4 Å². The Balaban J connectivity index is 1.18. The lowest BCUT2D eigenvalue weighted by Crippen LogP contribution is -2.44. The summed E-state index contributed by atoms with van der Waals surface area (Å²) in [6, 6.07) is 30.6. The maximum absolute atomic E-state index is 13.3. The number of carbonyl (C=O) groups excluding carboxylic acids is 3.